The summed E-state index contributed by atoms with van der Waals surface area (Å²) in [5.41, 5.74) is 0.882. The number of hydrogen-bond acceptors (Lipinski definition) is 2. The highest BCUT2D eigenvalue weighted by molar-refractivity contribution is 6.33. The van der Waals surface area contributed by atoms with Crippen molar-refractivity contribution < 1.29 is 4.74 Å². The molecule has 0 aromatic heterocycles. The van der Waals surface area contributed by atoms with Crippen LogP contribution in [0.15, 0.2) is 29.3 Å². The van der Waals surface area contributed by atoms with Gasteiger partial charge in [0.15, 0.2) is 0 Å². The highest BCUT2D eigenvalue weighted by atomic mass is 35.5. The molecule has 0 unspecified atom stereocenters. The van der Waals surface area contributed by atoms with E-state index in [0.29, 0.717) is 0 Å². The van der Waals surface area contributed by atoms with Crippen molar-refractivity contribution in [3.63, 3.8) is 0 Å². The van der Waals surface area contributed by atoms with Gasteiger partial charge in [0.25, 0.3) is 0 Å². The molecule has 3 heteroatoms. The molecule has 0 saturated heterocycles. The number of rotatable bonds is 2. The Hall–Kier alpha value is -1.46. The minimum Gasteiger partial charge on any atom is -0.497 e. The molecule has 0 radical (unpaired) electrons. The lowest BCUT2D eigenvalue weighted by molar-refractivity contribution is 0.415. The van der Waals surface area contributed by atoms with E-state index in [1.807, 2.05) is 30.3 Å². The van der Waals surface area contributed by atoms with Gasteiger partial charge in [-0.3, -0.25) is 0 Å². The third kappa shape index (κ3) is 2.81. The van der Waals surface area contributed by atoms with Crippen molar-refractivity contribution in [2.75, 3.05) is 7.11 Å². The predicted octanol–water partition coefficient (Wildman–Crippen LogP) is 2.80. The van der Waals surface area contributed by atoms with E-state index in [2.05, 4.69) is 0 Å². The second kappa shape index (κ2) is 4.54. The van der Waals surface area contributed by atoms with Crippen LogP contribution in [0.3, 0.4) is 0 Å². The Balaban J connectivity index is 2.88. The second-order valence-electron chi connectivity index (χ2n) is 2.38. The Morgan fingerprint density at radius 1 is 1.46 bits per heavy atom. The zero-order valence-corrected chi connectivity index (χ0v) is 7.88. The molecule has 66 valence electrons. The molecule has 0 aliphatic carbocycles. The van der Waals surface area contributed by atoms with Crippen molar-refractivity contribution in [1.82, 2.24) is 0 Å². The molecule has 1 aromatic carbocycles. The van der Waals surface area contributed by atoms with Crippen LogP contribution in [-0.2, 0) is 0 Å². The standard InChI is InChI=1S/C10H8ClNO/c1-13-10-4-2-8(3-5-10)6-9(11)7-12/h2-6H,1H3. The summed E-state index contributed by atoms with van der Waals surface area (Å²) in [4.78, 5) is 0. The molecular formula is C10H8ClNO. The highest BCUT2D eigenvalue weighted by Crippen LogP contribution is 2.14. The fraction of sp³-hybridized carbons (Fsp3) is 0.100. The number of methoxy groups -OCH3 is 1. The Bertz CT molecular complexity index is 348. The quantitative estimate of drug-likeness (QED) is 0.677. The van der Waals surface area contributed by atoms with E-state index >= 15 is 0 Å². The molecule has 0 fully saturated rings. The van der Waals surface area contributed by atoms with Gasteiger partial charge in [0, 0.05) is 0 Å². The van der Waals surface area contributed by atoms with E-state index in [1.165, 1.54) is 0 Å². The highest BCUT2D eigenvalue weighted by Gasteiger charge is 1.92. The summed E-state index contributed by atoms with van der Waals surface area (Å²) in [6.45, 7) is 0. The molecule has 0 saturated carbocycles. The van der Waals surface area contributed by atoms with Crippen molar-refractivity contribution in [2.24, 2.45) is 0 Å². The number of allylic oxidation sites excluding steroid dienone is 1. The number of nitriles is 1. The first-order valence-electron chi connectivity index (χ1n) is 3.67. The zero-order valence-electron chi connectivity index (χ0n) is 7.12. The molecule has 0 amide bonds. The Labute approximate surface area is 82.0 Å². The number of nitrogens with zero attached hydrogens (tertiary/aromatic N) is 1. The van der Waals surface area contributed by atoms with Crippen molar-refractivity contribution in [2.45, 2.75) is 0 Å². The molecule has 13 heavy (non-hydrogen) atoms. The Morgan fingerprint density at radius 3 is 2.54 bits per heavy atom. The number of hydrogen-bond donors (Lipinski definition) is 0. The fourth-order valence-electron chi connectivity index (χ4n) is 0.879. The first-order valence-corrected chi connectivity index (χ1v) is 4.05. The maximum atomic E-state index is 8.42. The minimum absolute atomic E-state index is 0.171. The van der Waals surface area contributed by atoms with Crippen LogP contribution >= 0.6 is 11.6 Å². The third-order valence-corrected chi connectivity index (χ3v) is 1.71. The lowest BCUT2D eigenvalue weighted by Gasteiger charge is -1.98. The van der Waals surface area contributed by atoms with E-state index in [9.17, 15) is 0 Å². The normalized spacial score (nSPS) is 10.7. The summed E-state index contributed by atoms with van der Waals surface area (Å²) in [6.07, 6.45) is 1.60. The zero-order chi connectivity index (χ0) is 9.68. The van der Waals surface area contributed by atoms with E-state index in [1.54, 1.807) is 13.2 Å². The largest absolute Gasteiger partial charge is 0.497 e. The van der Waals surface area contributed by atoms with E-state index in [4.69, 9.17) is 21.6 Å². The number of halogens is 1. The second-order valence-corrected chi connectivity index (χ2v) is 2.78. The van der Waals surface area contributed by atoms with Crippen LogP contribution in [0.4, 0.5) is 0 Å². The van der Waals surface area contributed by atoms with Gasteiger partial charge in [-0.1, -0.05) is 23.7 Å². The van der Waals surface area contributed by atoms with Gasteiger partial charge >= 0.3 is 0 Å². The summed E-state index contributed by atoms with van der Waals surface area (Å²) >= 11 is 5.54. The first-order chi connectivity index (χ1) is 6.26. The van der Waals surface area contributed by atoms with Gasteiger partial charge in [-0.15, -0.1) is 0 Å². The van der Waals surface area contributed by atoms with Crippen LogP contribution in [-0.4, -0.2) is 7.11 Å². The van der Waals surface area contributed by atoms with Gasteiger partial charge in [-0.05, 0) is 23.8 Å². The molecule has 0 aliphatic rings. The van der Waals surface area contributed by atoms with Crippen molar-refractivity contribution >= 4 is 17.7 Å². The summed E-state index contributed by atoms with van der Waals surface area (Å²) < 4.78 is 4.98. The average molecular weight is 194 g/mol. The summed E-state index contributed by atoms with van der Waals surface area (Å²) in [7, 11) is 1.60. The number of ether oxygens (including phenoxy) is 1. The fourth-order valence-corrected chi connectivity index (χ4v) is 1.00. The molecule has 0 bridgehead atoms. The molecule has 0 N–H and O–H groups in total. The van der Waals surface area contributed by atoms with Gasteiger partial charge in [-0.25, -0.2) is 0 Å². The van der Waals surface area contributed by atoms with Gasteiger partial charge in [0.05, 0.1) is 7.11 Å². The van der Waals surface area contributed by atoms with Crippen LogP contribution in [0.25, 0.3) is 6.08 Å². The summed E-state index contributed by atoms with van der Waals surface area (Å²) in [5.74, 6) is 0.783. The Morgan fingerprint density at radius 2 is 2.08 bits per heavy atom. The Kier molecular flexibility index (Phi) is 3.36. The first kappa shape index (κ1) is 9.63. The molecule has 0 atom stereocenters. The van der Waals surface area contributed by atoms with Crippen molar-refractivity contribution in [1.29, 1.82) is 5.26 Å². The van der Waals surface area contributed by atoms with E-state index in [-0.39, 0.29) is 5.03 Å². The van der Waals surface area contributed by atoms with Gasteiger partial charge in [-0.2, -0.15) is 5.26 Å². The van der Waals surface area contributed by atoms with Crippen molar-refractivity contribution in [3.8, 4) is 11.8 Å². The van der Waals surface area contributed by atoms with Crippen LogP contribution in [0.2, 0.25) is 0 Å². The van der Waals surface area contributed by atoms with E-state index < -0.39 is 0 Å². The molecule has 0 spiro atoms. The SMILES string of the molecule is COc1ccc(C=C(Cl)C#N)cc1. The molecule has 1 aromatic rings. The summed E-state index contributed by atoms with van der Waals surface area (Å²) in [5, 5.41) is 8.59. The van der Waals surface area contributed by atoms with Crippen LogP contribution in [0.1, 0.15) is 5.56 Å². The monoisotopic (exact) mass is 193 g/mol. The van der Waals surface area contributed by atoms with Crippen LogP contribution in [0.5, 0.6) is 5.75 Å². The topological polar surface area (TPSA) is 33.0 Å². The average Bonchev–Trinajstić information content (AvgIpc) is 2.19. The van der Waals surface area contributed by atoms with Gasteiger partial charge < -0.3 is 4.74 Å². The van der Waals surface area contributed by atoms with Crippen molar-refractivity contribution in [3.05, 3.63) is 34.9 Å². The molecular weight excluding hydrogens is 186 g/mol. The molecule has 1 rings (SSSR count). The third-order valence-electron chi connectivity index (χ3n) is 1.52. The lowest BCUT2D eigenvalue weighted by atomic mass is 10.2. The van der Waals surface area contributed by atoms with Gasteiger partial charge in [0.2, 0.25) is 0 Å². The number of benzene rings is 1. The van der Waals surface area contributed by atoms with Crippen LogP contribution in [0, 0.1) is 11.3 Å². The predicted molar refractivity (Wildman–Crippen MR) is 52.4 cm³/mol. The molecule has 0 heterocycles. The van der Waals surface area contributed by atoms with Gasteiger partial charge in [0.1, 0.15) is 16.9 Å². The molecule has 2 nitrogen and oxygen atoms in total. The van der Waals surface area contributed by atoms with E-state index in [0.717, 1.165) is 11.3 Å². The summed E-state index contributed by atoms with van der Waals surface area (Å²) in [6, 6.07) is 9.13. The maximum absolute atomic E-state index is 8.42. The van der Waals surface area contributed by atoms with Crippen LogP contribution < -0.4 is 4.74 Å². The smallest absolute Gasteiger partial charge is 0.118 e. The lowest BCUT2D eigenvalue weighted by Crippen LogP contribution is -1.81. The maximum Gasteiger partial charge on any atom is 0.118 e. The molecule has 0 aliphatic heterocycles. The minimum atomic E-state index is 0.171.